The number of amidine groups is 2. The third-order valence-electron chi connectivity index (χ3n) is 4.20. The Labute approximate surface area is 120 Å². The molecule has 112 valence electrons. The molecular weight excluding hydrogens is 254 g/mol. The highest BCUT2D eigenvalue weighted by Gasteiger charge is 2.31. The van der Waals surface area contributed by atoms with Crippen molar-refractivity contribution < 1.29 is 4.79 Å². The molecule has 0 aromatic rings. The smallest absolute Gasteiger partial charge is 0.319 e. The molecule has 1 aliphatic heterocycles. The van der Waals surface area contributed by atoms with Crippen LogP contribution in [0.4, 0.5) is 4.79 Å². The van der Waals surface area contributed by atoms with Crippen molar-refractivity contribution >= 4 is 17.7 Å². The Hall–Kier alpha value is -1.59. The summed E-state index contributed by atoms with van der Waals surface area (Å²) in [4.78, 5) is 16.9. The van der Waals surface area contributed by atoms with Gasteiger partial charge in [-0.2, -0.15) is 0 Å². The number of carbonyl (C=O) groups excluding carboxylic acids is 1. The molecule has 0 bridgehead atoms. The first-order valence-electron chi connectivity index (χ1n) is 7.40. The van der Waals surface area contributed by atoms with Crippen molar-refractivity contribution in [2.45, 2.75) is 32.1 Å². The molecule has 0 aromatic carbocycles. The SMILES string of the molecule is CN(C)C(=O)N1CCN(C(=N)C2CCCCC2)C(=N)C1. The van der Waals surface area contributed by atoms with Crippen LogP contribution in [0.15, 0.2) is 0 Å². The number of piperazine rings is 1. The van der Waals surface area contributed by atoms with Crippen LogP contribution in [0.1, 0.15) is 32.1 Å². The molecule has 20 heavy (non-hydrogen) atoms. The van der Waals surface area contributed by atoms with E-state index in [1.165, 1.54) is 24.2 Å². The first-order chi connectivity index (χ1) is 9.50. The van der Waals surface area contributed by atoms with Crippen LogP contribution in [-0.2, 0) is 0 Å². The van der Waals surface area contributed by atoms with E-state index in [1.807, 2.05) is 0 Å². The van der Waals surface area contributed by atoms with Gasteiger partial charge in [0.1, 0.15) is 11.7 Å². The minimum Gasteiger partial charge on any atom is -0.331 e. The Kier molecular flexibility index (Phi) is 4.62. The lowest BCUT2D eigenvalue weighted by Crippen LogP contribution is -2.56. The zero-order chi connectivity index (χ0) is 14.7. The number of nitrogens with one attached hydrogen (secondary N) is 2. The monoisotopic (exact) mass is 279 g/mol. The van der Waals surface area contributed by atoms with Crippen molar-refractivity contribution in [3.8, 4) is 0 Å². The van der Waals surface area contributed by atoms with Crippen LogP contribution in [0.5, 0.6) is 0 Å². The zero-order valence-electron chi connectivity index (χ0n) is 12.5. The molecule has 1 saturated heterocycles. The molecule has 0 unspecified atom stereocenters. The van der Waals surface area contributed by atoms with Gasteiger partial charge >= 0.3 is 6.03 Å². The van der Waals surface area contributed by atoms with E-state index in [0.29, 0.717) is 37.2 Å². The molecule has 0 aromatic heterocycles. The summed E-state index contributed by atoms with van der Waals surface area (Å²) >= 11 is 0. The fourth-order valence-corrected chi connectivity index (χ4v) is 3.01. The largest absolute Gasteiger partial charge is 0.331 e. The van der Waals surface area contributed by atoms with Crippen molar-refractivity contribution in [3.63, 3.8) is 0 Å². The summed E-state index contributed by atoms with van der Waals surface area (Å²) in [6, 6.07) is -0.0569. The predicted octanol–water partition coefficient (Wildman–Crippen LogP) is 1.82. The second-order valence-electron chi connectivity index (χ2n) is 5.92. The van der Waals surface area contributed by atoms with Gasteiger partial charge in [-0.1, -0.05) is 19.3 Å². The summed E-state index contributed by atoms with van der Waals surface area (Å²) in [5, 5.41) is 16.5. The molecule has 2 aliphatic rings. The lowest BCUT2D eigenvalue weighted by Gasteiger charge is -2.39. The van der Waals surface area contributed by atoms with Gasteiger partial charge in [0, 0.05) is 33.1 Å². The van der Waals surface area contributed by atoms with Crippen LogP contribution >= 0.6 is 0 Å². The molecule has 2 fully saturated rings. The van der Waals surface area contributed by atoms with Gasteiger partial charge in [0.2, 0.25) is 0 Å². The van der Waals surface area contributed by atoms with Crippen LogP contribution < -0.4 is 0 Å². The topological polar surface area (TPSA) is 74.5 Å². The van der Waals surface area contributed by atoms with Crippen molar-refractivity contribution in [1.82, 2.24) is 14.7 Å². The number of hydrogen-bond acceptors (Lipinski definition) is 3. The van der Waals surface area contributed by atoms with E-state index in [4.69, 9.17) is 10.8 Å². The molecule has 1 heterocycles. The third kappa shape index (κ3) is 3.11. The predicted molar refractivity (Wildman–Crippen MR) is 79.4 cm³/mol. The second kappa shape index (κ2) is 6.24. The lowest BCUT2D eigenvalue weighted by molar-refractivity contribution is 0.169. The fourth-order valence-electron chi connectivity index (χ4n) is 3.01. The molecule has 2 rings (SSSR count). The van der Waals surface area contributed by atoms with E-state index in [9.17, 15) is 4.79 Å². The number of urea groups is 1. The Morgan fingerprint density at radius 1 is 1.20 bits per heavy atom. The molecule has 0 spiro atoms. The molecular formula is C14H25N5O. The van der Waals surface area contributed by atoms with Gasteiger partial charge in [-0.25, -0.2) is 4.79 Å². The first-order valence-corrected chi connectivity index (χ1v) is 7.40. The van der Waals surface area contributed by atoms with Gasteiger partial charge in [-0.15, -0.1) is 0 Å². The summed E-state index contributed by atoms with van der Waals surface area (Å²) in [5.41, 5.74) is 0. The number of nitrogens with zero attached hydrogens (tertiary/aromatic N) is 3. The van der Waals surface area contributed by atoms with Gasteiger partial charge in [-0.3, -0.25) is 10.8 Å². The Bertz CT molecular complexity index is 400. The number of rotatable bonds is 1. The Balaban J connectivity index is 1.94. The quantitative estimate of drug-likeness (QED) is 0.567. The van der Waals surface area contributed by atoms with Crippen molar-refractivity contribution in [1.29, 1.82) is 10.8 Å². The molecule has 6 heteroatoms. The van der Waals surface area contributed by atoms with E-state index in [-0.39, 0.29) is 6.03 Å². The number of amides is 2. The van der Waals surface area contributed by atoms with E-state index < -0.39 is 0 Å². The normalized spacial score (nSPS) is 21.0. The molecule has 1 saturated carbocycles. The Morgan fingerprint density at radius 3 is 2.40 bits per heavy atom. The molecule has 6 nitrogen and oxygen atoms in total. The van der Waals surface area contributed by atoms with Crippen molar-refractivity contribution in [2.24, 2.45) is 5.92 Å². The summed E-state index contributed by atoms with van der Waals surface area (Å²) in [7, 11) is 3.45. The van der Waals surface area contributed by atoms with E-state index in [2.05, 4.69) is 0 Å². The molecule has 1 aliphatic carbocycles. The van der Waals surface area contributed by atoms with Crippen LogP contribution in [0.25, 0.3) is 0 Å². The highest BCUT2D eigenvalue weighted by molar-refractivity contribution is 6.01. The number of hydrogen-bond donors (Lipinski definition) is 2. The zero-order valence-corrected chi connectivity index (χ0v) is 12.5. The molecule has 0 radical (unpaired) electrons. The summed E-state index contributed by atoms with van der Waals surface area (Å²) < 4.78 is 0. The average molecular weight is 279 g/mol. The van der Waals surface area contributed by atoms with Gasteiger partial charge < -0.3 is 14.7 Å². The Morgan fingerprint density at radius 2 is 1.85 bits per heavy atom. The minimum absolute atomic E-state index is 0.0569. The van der Waals surface area contributed by atoms with Crippen LogP contribution in [0.3, 0.4) is 0 Å². The average Bonchev–Trinajstić information content (AvgIpc) is 2.46. The molecule has 2 N–H and O–H groups in total. The van der Waals surface area contributed by atoms with Gasteiger partial charge in [0.15, 0.2) is 0 Å². The summed E-state index contributed by atoms with van der Waals surface area (Å²) in [5.74, 6) is 1.27. The maximum atomic E-state index is 11.9. The maximum absolute atomic E-state index is 11.9. The minimum atomic E-state index is -0.0569. The van der Waals surface area contributed by atoms with Crippen molar-refractivity contribution in [2.75, 3.05) is 33.7 Å². The third-order valence-corrected chi connectivity index (χ3v) is 4.20. The van der Waals surface area contributed by atoms with Crippen molar-refractivity contribution in [3.05, 3.63) is 0 Å². The first kappa shape index (κ1) is 14.8. The second-order valence-corrected chi connectivity index (χ2v) is 5.92. The van der Waals surface area contributed by atoms with E-state index in [1.54, 1.807) is 23.9 Å². The van der Waals surface area contributed by atoms with Crippen LogP contribution in [-0.4, -0.2) is 66.1 Å². The highest BCUT2D eigenvalue weighted by Crippen LogP contribution is 2.26. The molecule has 2 amide bonds. The highest BCUT2D eigenvalue weighted by atomic mass is 16.2. The fraction of sp³-hybridized carbons (Fsp3) is 0.786. The van der Waals surface area contributed by atoms with Crippen LogP contribution in [0.2, 0.25) is 0 Å². The van der Waals surface area contributed by atoms with Gasteiger partial charge in [0.25, 0.3) is 0 Å². The van der Waals surface area contributed by atoms with E-state index >= 15 is 0 Å². The van der Waals surface area contributed by atoms with E-state index in [0.717, 1.165) is 12.8 Å². The summed E-state index contributed by atoms with van der Waals surface area (Å²) in [6.07, 6.45) is 5.80. The van der Waals surface area contributed by atoms with Crippen LogP contribution in [0, 0.1) is 16.7 Å². The summed E-state index contributed by atoms with van der Waals surface area (Å²) in [6.45, 7) is 1.48. The molecule has 0 atom stereocenters. The standard InChI is InChI=1S/C14H25N5O/c1-17(2)14(20)18-8-9-19(12(15)10-18)13(16)11-6-4-3-5-7-11/h11,15-16H,3-10H2,1-2H3. The number of carbonyl (C=O) groups is 1. The van der Waals surface area contributed by atoms with Gasteiger partial charge in [0.05, 0.1) is 6.54 Å². The lowest BCUT2D eigenvalue weighted by atomic mass is 9.87. The van der Waals surface area contributed by atoms with Gasteiger partial charge in [-0.05, 0) is 12.8 Å². The maximum Gasteiger partial charge on any atom is 0.319 e.